The molecule has 0 spiro atoms. The van der Waals surface area contributed by atoms with E-state index in [1.54, 1.807) is 25.3 Å². The molecule has 3 aromatic carbocycles. The second-order valence-electron chi connectivity index (χ2n) is 9.75. The zero-order valence-corrected chi connectivity index (χ0v) is 25.3. The Bertz CT molecular complexity index is 1760. The normalized spacial score (nSPS) is 15.0. The predicted octanol–water partition coefficient (Wildman–Crippen LogP) is 6.53. The quantitative estimate of drug-likeness (QED) is 0.231. The molecule has 1 aliphatic heterocycles. The maximum atomic E-state index is 13.0. The molecule has 1 aromatic heterocycles. The minimum absolute atomic E-state index is 0.129. The summed E-state index contributed by atoms with van der Waals surface area (Å²) in [5.41, 5.74) is 3.65. The summed E-state index contributed by atoms with van der Waals surface area (Å²) in [7, 11) is 3.01. The molecule has 11 nitrogen and oxygen atoms in total. The molecule has 5 rings (SSSR count). The molecule has 15 heteroatoms. The van der Waals surface area contributed by atoms with Crippen molar-refractivity contribution in [3.63, 3.8) is 0 Å². The third kappa shape index (κ3) is 7.26. The van der Waals surface area contributed by atoms with E-state index in [0.29, 0.717) is 34.2 Å². The monoisotopic (exact) mass is 640 g/mol. The van der Waals surface area contributed by atoms with Crippen molar-refractivity contribution < 1.29 is 37.0 Å². The standard InChI is InChI=1S/C30H27F3N6O5S/c1-17-5-11-22(18(2)42-3)24(13-17)39-26(40)15-45-29(39)36-28(41)35-23-12-6-19(14-25(23)43-4)27-34-16-38(37-27)20-7-9-21(10-8-20)44-30(31,32)33/h5-14,16,18H,15H2,1-4H3,(H,35,41). The van der Waals surface area contributed by atoms with Crippen LogP contribution in [0.25, 0.3) is 17.1 Å². The van der Waals surface area contributed by atoms with Crippen molar-refractivity contribution in [2.75, 3.05) is 30.2 Å². The van der Waals surface area contributed by atoms with Crippen LogP contribution in [0.2, 0.25) is 0 Å². The van der Waals surface area contributed by atoms with Crippen LogP contribution in [0.15, 0.2) is 72.0 Å². The molecule has 1 N–H and O–H groups in total. The third-order valence-electron chi connectivity index (χ3n) is 6.71. The van der Waals surface area contributed by atoms with E-state index in [4.69, 9.17) is 9.47 Å². The first-order valence-electron chi connectivity index (χ1n) is 13.4. The molecule has 1 saturated heterocycles. The third-order valence-corrected chi connectivity index (χ3v) is 7.63. The van der Waals surface area contributed by atoms with Gasteiger partial charge in [-0.25, -0.2) is 14.5 Å². The molecule has 4 aromatic rings. The number of methoxy groups -OCH3 is 2. The van der Waals surface area contributed by atoms with E-state index in [9.17, 15) is 22.8 Å². The molecule has 0 aliphatic carbocycles. The van der Waals surface area contributed by atoms with Gasteiger partial charge in [-0.05, 0) is 67.9 Å². The fourth-order valence-electron chi connectivity index (χ4n) is 4.48. The number of aliphatic imine (C=N–C) groups is 1. The molecule has 1 aliphatic rings. The van der Waals surface area contributed by atoms with Gasteiger partial charge >= 0.3 is 12.4 Å². The number of urea groups is 1. The van der Waals surface area contributed by atoms with E-state index in [1.165, 1.54) is 47.3 Å². The van der Waals surface area contributed by atoms with Gasteiger partial charge in [-0.3, -0.25) is 9.69 Å². The van der Waals surface area contributed by atoms with Crippen molar-refractivity contribution >= 4 is 40.2 Å². The highest BCUT2D eigenvalue weighted by molar-refractivity contribution is 8.15. The van der Waals surface area contributed by atoms with Gasteiger partial charge in [0.1, 0.15) is 17.8 Å². The number of hydrogen-bond acceptors (Lipinski definition) is 8. The van der Waals surface area contributed by atoms with Gasteiger partial charge < -0.3 is 19.5 Å². The molecule has 1 atom stereocenters. The summed E-state index contributed by atoms with van der Waals surface area (Å²) < 4.78 is 53.6. The van der Waals surface area contributed by atoms with Gasteiger partial charge in [0.2, 0.25) is 5.91 Å². The average Bonchev–Trinajstić information content (AvgIpc) is 3.63. The van der Waals surface area contributed by atoms with Crippen LogP contribution in [0.1, 0.15) is 24.2 Å². The van der Waals surface area contributed by atoms with Gasteiger partial charge in [0.05, 0.1) is 36.0 Å². The molecule has 1 unspecified atom stereocenters. The lowest BCUT2D eigenvalue weighted by Gasteiger charge is -2.23. The number of thioether (sulfide) groups is 1. The lowest BCUT2D eigenvalue weighted by Crippen LogP contribution is -2.31. The van der Waals surface area contributed by atoms with Crippen molar-refractivity contribution in [3.05, 3.63) is 78.1 Å². The number of amidine groups is 1. The summed E-state index contributed by atoms with van der Waals surface area (Å²) in [6, 6.07) is 15.0. The molecule has 0 saturated carbocycles. The number of aryl methyl sites for hydroxylation is 1. The summed E-state index contributed by atoms with van der Waals surface area (Å²) in [4.78, 5) is 35.9. The van der Waals surface area contributed by atoms with E-state index in [2.05, 4.69) is 25.1 Å². The van der Waals surface area contributed by atoms with E-state index >= 15 is 0 Å². The minimum Gasteiger partial charge on any atom is -0.495 e. The number of alkyl halides is 3. The van der Waals surface area contributed by atoms with Crippen LogP contribution in [0, 0.1) is 6.92 Å². The van der Waals surface area contributed by atoms with Gasteiger partial charge in [-0.2, -0.15) is 4.99 Å². The number of ether oxygens (including phenoxy) is 3. The number of benzene rings is 3. The Labute approximate surface area is 260 Å². The predicted molar refractivity (Wildman–Crippen MR) is 163 cm³/mol. The van der Waals surface area contributed by atoms with Crippen molar-refractivity contribution in [2.24, 2.45) is 4.99 Å². The summed E-state index contributed by atoms with van der Waals surface area (Å²) in [6.07, 6.45) is -3.67. The summed E-state index contributed by atoms with van der Waals surface area (Å²) in [5.74, 6) is 0.168. The topological polar surface area (TPSA) is 120 Å². The number of nitrogens with zero attached hydrogens (tertiary/aromatic N) is 5. The number of aromatic nitrogens is 3. The molecular weight excluding hydrogens is 613 g/mol. The van der Waals surface area contributed by atoms with Crippen molar-refractivity contribution in [2.45, 2.75) is 26.3 Å². The van der Waals surface area contributed by atoms with Gasteiger partial charge in [-0.15, -0.1) is 18.3 Å². The highest BCUT2D eigenvalue weighted by Gasteiger charge is 2.33. The number of halogens is 3. The molecule has 45 heavy (non-hydrogen) atoms. The lowest BCUT2D eigenvalue weighted by atomic mass is 10.0. The molecule has 3 amide bonds. The Morgan fingerprint density at radius 2 is 1.84 bits per heavy atom. The molecule has 2 heterocycles. The Balaban J connectivity index is 1.34. The fourth-order valence-corrected chi connectivity index (χ4v) is 5.34. The first kappa shape index (κ1) is 31.5. The SMILES string of the molecule is COc1cc(-c2ncn(-c3ccc(OC(F)(F)F)cc3)n2)ccc1NC(=O)N=C1SCC(=O)N1c1cc(C)ccc1C(C)OC. The van der Waals surface area contributed by atoms with E-state index in [-0.39, 0.29) is 28.7 Å². The highest BCUT2D eigenvalue weighted by atomic mass is 32.2. The zero-order valence-electron chi connectivity index (χ0n) is 24.5. The number of rotatable bonds is 8. The number of carbonyl (C=O) groups excluding carboxylic acids is 2. The molecular formula is C30H27F3N6O5S. The number of anilines is 2. The van der Waals surface area contributed by atoms with Crippen LogP contribution in [0.4, 0.5) is 29.3 Å². The van der Waals surface area contributed by atoms with Crippen LogP contribution < -0.4 is 19.7 Å². The maximum Gasteiger partial charge on any atom is 0.573 e. The summed E-state index contributed by atoms with van der Waals surface area (Å²) in [6.45, 7) is 3.78. The van der Waals surface area contributed by atoms with E-state index < -0.39 is 12.4 Å². The molecule has 0 bridgehead atoms. The largest absolute Gasteiger partial charge is 0.573 e. The minimum atomic E-state index is -4.79. The van der Waals surface area contributed by atoms with E-state index in [0.717, 1.165) is 22.9 Å². The first-order valence-corrected chi connectivity index (χ1v) is 14.4. The maximum absolute atomic E-state index is 13.0. The van der Waals surface area contributed by atoms with Crippen molar-refractivity contribution in [1.82, 2.24) is 14.8 Å². The van der Waals surface area contributed by atoms with Crippen LogP contribution >= 0.6 is 11.8 Å². The van der Waals surface area contributed by atoms with Crippen molar-refractivity contribution in [3.8, 4) is 28.6 Å². The Morgan fingerprint density at radius 1 is 1.09 bits per heavy atom. The van der Waals surface area contributed by atoms with Crippen LogP contribution in [-0.2, 0) is 9.53 Å². The fraction of sp³-hybridized carbons (Fsp3) is 0.233. The second kappa shape index (κ2) is 13.0. The lowest BCUT2D eigenvalue weighted by molar-refractivity contribution is -0.274. The Kier molecular flexibility index (Phi) is 9.11. The second-order valence-corrected chi connectivity index (χ2v) is 10.7. The van der Waals surface area contributed by atoms with Gasteiger partial charge in [0.25, 0.3) is 0 Å². The smallest absolute Gasteiger partial charge is 0.495 e. The van der Waals surface area contributed by atoms with E-state index in [1.807, 2.05) is 32.0 Å². The Morgan fingerprint density at radius 3 is 2.53 bits per heavy atom. The van der Waals surface area contributed by atoms with Gasteiger partial charge in [0.15, 0.2) is 11.0 Å². The van der Waals surface area contributed by atoms with Crippen LogP contribution in [0.3, 0.4) is 0 Å². The average molecular weight is 641 g/mol. The number of carbonyl (C=O) groups is 2. The highest BCUT2D eigenvalue weighted by Crippen LogP contribution is 2.35. The molecule has 234 valence electrons. The van der Waals surface area contributed by atoms with Gasteiger partial charge in [0, 0.05) is 18.2 Å². The van der Waals surface area contributed by atoms with Crippen molar-refractivity contribution in [1.29, 1.82) is 0 Å². The Hall–Kier alpha value is -4.89. The number of amides is 3. The van der Waals surface area contributed by atoms with Crippen LogP contribution in [0.5, 0.6) is 11.5 Å². The molecule has 0 radical (unpaired) electrons. The summed E-state index contributed by atoms with van der Waals surface area (Å²) >= 11 is 1.16. The first-order chi connectivity index (χ1) is 21.5. The van der Waals surface area contributed by atoms with Gasteiger partial charge in [-0.1, -0.05) is 23.9 Å². The number of nitrogens with one attached hydrogen (secondary N) is 1. The number of hydrogen-bond donors (Lipinski definition) is 1. The molecule has 1 fully saturated rings. The van der Waals surface area contributed by atoms with Crippen LogP contribution in [-0.4, -0.2) is 58.2 Å². The summed E-state index contributed by atoms with van der Waals surface area (Å²) in [5, 5.41) is 7.33. The zero-order chi connectivity index (χ0) is 32.3.